The number of sulfonamides is 1. The summed E-state index contributed by atoms with van der Waals surface area (Å²) in [5.74, 6) is 0.633. The second-order valence-electron chi connectivity index (χ2n) is 6.49. The van der Waals surface area contributed by atoms with Crippen LogP contribution in [0, 0.1) is 19.8 Å². The van der Waals surface area contributed by atoms with Gasteiger partial charge in [0.2, 0.25) is 15.9 Å². The first-order valence-corrected chi connectivity index (χ1v) is 11.2. The van der Waals surface area contributed by atoms with Crippen LogP contribution < -0.4 is 5.32 Å². The summed E-state index contributed by atoms with van der Waals surface area (Å²) in [6.07, 6.45) is 0. The number of hydrogen-bond acceptors (Lipinski definition) is 4. The first-order chi connectivity index (χ1) is 11.6. The second kappa shape index (κ2) is 8.05. The van der Waals surface area contributed by atoms with Crippen LogP contribution in [0.5, 0.6) is 0 Å². The molecule has 0 radical (unpaired) electrons. The van der Waals surface area contributed by atoms with Gasteiger partial charge in [-0.25, -0.2) is 8.42 Å². The minimum atomic E-state index is -3.94. The summed E-state index contributed by atoms with van der Waals surface area (Å²) in [4.78, 5) is 12.4. The molecule has 9 heteroatoms. The fourth-order valence-corrected chi connectivity index (χ4v) is 6.85. The van der Waals surface area contributed by atoms with Crippen LogP contribution in [-0.4, -0.2) is 42.8 Å². The van der Waals surface area contributed by atoms with Gasteiger partial charge in [-0.1, -0.05) is 37.0 Å². The van der Waals surface area contributed by atoms with Gasteiger partial charge in [0.25, 0.3) is 0 Å². The molecule has 0 saturated carbocycles. The summed E-state index contributed by atoms with van der Waals surface area (Å²) in [5.41, 5.74) is 0.985. The van der Waals surface area contributed by atoms with Gasteiger partial charge >= 0.3 is 0 Å². The Bertz CT molecular complexity index is 756. The van der Waals surface area contributed by atoms with Crippen molar-refractivity contribution in [2.24, 2.45) is 5.92 Å². The molecule has 5 nitrogen and oxygen atoms in total. The van der Waals surface area contributed by atoms with Crippen molar-refractivity contribution in [3.05, 3.63) is 27.2 Å². The molecule has 1 heterocycles. The van der Waals surface area contributed by atoms with Crippen molar-refractivity contribution in [1.82, 2.24) is 9.62 Å². The molecule has 0 aliphatic carbocycles. The number of carbonyl (C=O) groups is 1. The van der Waals surface area contributed by atoms with Crippen molar-refractivity contribution in [2.75, 3.05) is 18.2 Å². The minimum absolute atomic E-state index is 0.0108. The average molecular weight is 425 g/mol. The van der Waals surface area contributed by atoms with Crippen molar-refractivity contribution < 1.29 is 13.2 Å². The van der Waals surface area contributed by atoms with E-state index in [1.807, 2.05) is 13.8 Å². The number of halogens is 2. The van der Waals surface area contributed by atoms with E-state index in [9.17, 15) is 13.2 Å². The number of amides is 1. The molecule has 0 aromatic heterocycles. The molecule has 2 rings (SSSR count). The zero-order valence-electron chi connectivity index (χ0n) is 14.6. The fourth-order valence-electron chi connectivity index (χ4n) is 2.53. The number of nitrogens with one attached hydrogen (secondary N) is 1. The van der Waals surface area contributed by atoms with Crippen LogP contribution in [0.4, 0.5) is 0 Å². The summed E-state index contributed by atoms with van der Waals surface area (Å²) in [6.45, 7) is 7.80. The first-order valence-electron chi connectivity index (χ1n) is 7.89. The second-order valence-corrected chi connectivity index (χ2v) is 10.1. The molecule has 1 unspecified atom stereocenters. The summed E-state index contributed by atoms with van der Waals surface area (Å²) < 4.78 is 27.7. The smallest absolute Gasteiger partial charge is 0.246 e. The third-order valence-corrected chi connectivity index (χ3v) is 8.18. The highest BCUT2D eigenvalue weighted by atomic mass is 35.5. The van der Waals surface area contributed by atoms with Crippen molar-refractivity contribution in [1.29, 1.82) is 0 Å². The van der Waals surface area contributed by atoms with Crippen LogP contribution in [0.25, 0.3) is 0 Å². The molecule has 0 spiro atoms. The molecule has 0 bridgehead atoms. The lowest BCUT2D eigenvalue weighted by Gasteiger charge is -2.25. The summed E-state index contributed by atoms with van der Waals surface area (Å²) in [5, 5.41) is 3.31. The van der Waals surface area contributed by atoms with Gasteiger partial charge in [0, 0.05) is 17.3 Å². The molecule has 1 aromatic carbocycles. The Morgan fingerprint density at radius 1 is 1.40 bits per heavy atom. The van der Waals surface area contributed by atoms with Gasteiger partial charge in [0.1, 0.15) is 10.9 Å². The predicted molar refractivity (Wildman–Crippen MR) is 104 cm³/mol. The fraction of sp³-hybridized carbons (Fsp3) is 0.562. The number of aryl methyl sites for hydroxylation is 1. The number of hydrogen-bond donors (Lipinski definition) is 1. The van der Waals surface area contributed by atoms with E-state index in [0.29, 0.717) is 28.4 Å². The SMILES string of the molecule is Cc1cc(Cl)c(C)c(S(=O)(=O)N2CSCC2C(=O)NCC(C)C)c1Cl. The maximum absolute atomic E-state index is 13.2. The van der Waals surface area contributed by atoms with E-state index >= 15 is 0 Å². The van der Waals surface area contributed by atoms with Gasteiger partial charge < -0.3 is 5.32 Å². The molecule has 1 aromatic rings. The molecule has 1 N–H and O–H groups in total. The lowest BCUT2D eigenvalue weighted by atomic mass is 10.2. The number of thioether (sulfide) groups is 1. The van der Waals surface area contributed by atoms with Gasteiger partial charge in [0.15, 0.2) is 0 Å². The van der Waals surface area contributed by atoms with E-state index in [1.54, 1.807) is 19.9 Å². The third kappa shape index (κ3) is 4.27. The lowest BCUT2D eigenvalue weighted by Crippen LogP contribution is -2.48. The maximum atomic E-state index is 13.2. The van der Waals surface area contributed by atoms with Crippen LogP contribution in [0.3, 0.4) is 0 Å². The summed E-state index contributed by atoms with van der Waals surface area (Å²) in [7, 11) is -3.94. The van der Waals surface area contributed by atoms with Gasteiger partial charge in [0.05, 0.1) is 10.9 Å². The van der Waals surface area contributed by atoms with Gasteiger partial charge in [-0.3, -0.25) is 4.79 Å². The standard InChI is InChI=1S/C16H22Cl2N2O3S2/c1-9(2)6-19-16(21)13-7-24-8-20(13)25(22,23)15-11(4)12(17)5-10(3)14(15)18/h5,9,13H,6-8H2,1-4H3,(H,19,21). The summed E-state index contributed by atoms with van der Waals surface area (Å²) in [6, 6.07) is 0.896. The van der Waals surface area contributed by atoms with Gasteiger partial charge in [-0.2, -0.15) is 4.31 Å². The normalized spacial score (nSPS) is 18.8. The molecule has 140 valence electrons. The van der Waals surface area contributed by atoms with E-state index in [0.717, 1.165) is 0 Å². The van der Waals surface area contributed by atoms with Crippen LogP contribution in [0.1, 0.15) is 25.0 Å². The average Bonchev–Trinajstić information content (AvgIpc) is 3.01. The third-order valence-electron chi connectivity index (χ3n) is 3.98. The van der Waals surface area contributed by atoms with Crippen LogP contribution in [0.2, 0.25) is 10.0 Å². The van der Waals surface area contributed by atoms with Crippen LogP contribution in [-0.2, 0) is 14.8 Å². The van der Waals surface area contributed by atoms with Crippen molar-refractivity contribution in [3.8, 4) is 0 Å². The molecule has 1 amide bonds. The van der Waals surface area contributed by atoms with E-state index in [2.05, 4.69) is 5.32 Å². The topological polar surface area (TPSA) is 66.5 Å². The van der Waals surface area contributed by atoms with Gasteiger partial charge in [-0.15, -0.1) is 11.8 Å². The Balaban J connectivity index is 2.41. The van der Waals surface area contributed by atoms with Crippen molar-refractivity contribution in [2.45, 2.75) is 38.6 Å². The van der Waals surface area contributed by atoms with E-state index in [1.165, 1.54) is 16.1 Å². The van der Waals surface area contributed by atoms with Crippen molar-refractivity contribution >= 4 is 50.9 Å². The molecule has 1 aliphatic rings. The first kappa shape index (κ1) is 20.8. The zero-order valence-corrected chi connectivity index (χ0v) is 17.7. The Hall–Kier alpha value is -0.470. The quantitative estimate of drug-likeness (QED) is 0.785. The van der Waals surface area contributed by atoms with E-state index in [-0.39, 0.29) is 27.6 Å². The Morgan fingerprint density at radius 3 is 2.64 bits per heavy atom. The summed E-state index contributed by atoms with van der Waals surface area (Å²) >= 11 is 13.9. The molecular weight excluding hydrogens is 403 g/mol. The molecule has 25 heavy (non-hydrogen) atoms. The molecule has 1 fully saturated rings. The Morgan fingerprint density at radius 2 is 2.04 bits per heavy atom. The highest BCUT2D eigenvalue weighted by Gasteiger charge is 2.41. The van der Waals surface area contributed by atoms with Crippen LogP contribution in [0.15, 0.2) is 11.0 Å². The molecule has 1 atom stereocenters. The minimum Gasteiger partial charge on any atom is -0.354 e. The van der Waals surface area contributed by atoms with Gasteiger partial charge in [-0.05, 0) is 37.0 Å². The molecule has 1 aliphatic heterocycles. The number of nitrogens with zero attached hydrogens (tertiary/aromatic N) is 1. The lowest BCUT2D eigenvalue weighted by molar-refractivity contribution is -0.123. The predicted octanol–water partition coefficient (Wildman–Crippen LogP) is 3.45. The van der Waals surface area contributed by atoms with E-state index in [4.69, 9.17) is 23.2 Å². The Kier molecular flexibility index (Phi) is 6.71. The number of carbonyl (C=O) groups excluding carboxylic acids is 1. The van der Waals surface area contributed by atoms with E-state index < -0.39 is 16.1 Å². The number of rotatable bonds is 5. The molecule has 1 saturated heterocycles. The number of benzene rings is 1. The van der Waals surface area contributed by atoms with Crippen molar-refractivity contribution in [3.63, 3.8) is 0 Å². The highest BCUT2D eigenvalue weighted by molar-refractivity contribution is 8.00. The zero-order chi connectivity index (χ0) is 18.9. The Labute approximate surface area is 163 Å². The highest BCUT2D eigenvalue weighted by Crippen LogP contribution is 2.37. The molecular formula is C16H22Cl2N2O3S2. The monoisotopic (exact) mass is 424 g/mol. The maximum Gasteiger partial charge on any atom is 0.246 e. The van der Waals surface area contributed by atoms with Crippen LogP contribution >= 0.6 is 35.0 Å². The largest absolute Gasteiger partial charge is 0.354 e.